The molecule has 0 spiro atoms. The number of carbonyl (C=O) groups excluding carboxylic acids is 1. The van der Waals surface area contributed by atoms with Crippen molar-refractivity contribution in [1.29, 1.82) is 0 Å². The Kier molecular flexibility index (Phi) is 3.56. The molecular weight excluding hydrogens is 292 g/mol. The predicted molar refractivity (Wildman–Crippen MR) is 88.2 cm³/mol. The Hall–Kier alpha value is -2.47. The van der Waals surface area contributed by atoms with Crippen LogP contribution in [-0.2, 0) is 13.6 Å². The highest BCUT2D eigenvalue weighted by molar-refractivity contribution is 6.05. The summed E-state index contributed by atoms with van der Waals surface area (Å²) in [5.74, 6) is -0.0854. The van der Waals surface area contributed by atoms with Crippen molar-refractivity contribution >= 4 is 16.7 Å². The molecule has 0 radical (unpaired) electrons. The van der Waals surface area contributed by atoms with E-state index in [-0.39, 0.29) is 5.78 Å². The molecule has 2 heterocycles. The van der Waals surface area contributed by atoms with Crippen LogP contribution in [0.4, 0.5) is 0 Å². The molecule has 1 N–H and O–H groups in total. The van der Waals surface area contributed by atoms with Gasteiger partial charge in [-0.05, 0) is 32.0 Å². The molecule has 0 aliphatic heterocycles. The van der Waals surface area contributed by atoms with Gasteiger partial charge in [-0.1, -0.05) is 6.07 Å². The van der Waals surface area contributed by atoms with Crippen molar-refractivity contribution in [3.05, 3.63) is 36.2 Å². The number of aryl methyl sites for hydroxylation is 1. The molecule has 0 fully saturated rings. The van der Waals surface area contributed by atoms with Crippen molar-refractivity contribution in [3.8, 4) is 11.3 Å². The largest absolute Gasteiger partial charge is 0.389 e. The van der Waals surface area contributed by atoms with Crippen molar-refractivity contribution in [2.24, 2.45) is 7.05 Å². The summed E-state index contributed by atoms with van der Waals surface area (Å²) >= 11 is 0. The van der Waals surface area contributed by atoms with E-state index in [4.69, 9.17) is 0 Å². The predicted octanol–water partition coefficient (Wildman–Crippen LogP) is 2.41. The second kappa shape index (κ2) is 5.31. The lowest BCUT2D eigenvalue weighted by Gasteiger charge is -2.17. The van der Waals surface area contributed by atoms with Crippen molar-refractivity contribution < 1.29 is 9.90 Å². The van der Waals surface area contributed by atoms with Gasteiger partial charge in [0, 0.05) is 31.1 Å². The van der Waals surface area contributed by atoms with Crippen LogP contribution in [-0.4, -0.2) is 36.1 Å². The summed E-state index contributed by atoms with van der Waals surface area (Å²) in [5.41, 5.74) is 2.31. The summed E-state index contributed by atoms with van der Waals surface area (Å²) in [5, 5.41) is 19.5. The highest BCUT2D eigenvalue weighted by atomic mass is 16.3. The van der Waals surface area contributed by atoms with Gasteiger partial charge in [0.25, 0.3) is 0 Å². The molecule has 2 aromatic heterocycles. The standard InChI is InChI=1S/C17H20N4O2/c1-11(22)16-13-6-5-12(14-7-8-18-20(14)4)9-15(13)21(19-16)10-17(2,3)23/h5-9,23H,10H2,1-4H3. The van der Waals surface area contributed by atoms with E-state index in [1.54, 1.807) is 29.4 Å². The van der Waals surface area contributed by atoms with Gasteiger partial charge >= 0.3 is 0 Å². The second-order valence-electron chi connectivity index (χ2n) is 6.45. The fourth-order valence-electron chi connectivity index (χ4n) is 2.74. The maximum Gasteiger partial charge on any atom is 0.180 e. The SMILES string of the molecule is CC(=O)c1nn(CC(C)(C)O)c2cc(-c3ccnn3C)ccc12. The third-order valence-electron chi connectivity index (χ3n) is 3.74. The highest BCUT2D eigenvalue weighted by Crippen LogP contribution is 2.27. The van der Waals surface area contributed by atoms with Crippen molar-refractivity contribution in [2.45, 2.75) is 32.9 Å². The number of rotatable bonds is 4. The minimum Gasteiger partial charge on any atom is -0.389 e. The van der Waals surface area contributed by atoms with E-state index < -0.39 is 5.60 Å². The number of nitrogens with zero attached hydrogens (tertiary/aromatic N) is 4. The fraction of sp³-hybridized carbons (Fsp3) is 0.353. The lowest BCUT2D eigenvalue weighted by molar-refractivity contribution is 0.0588. The minimum atomic E-state index is -0.921. The maximum atomic E-state index is 11.9. The Balaban J connectivity index is 2.21. The number of hydrogen-bond acceptors (Lipinski definition) is 4. The first kappa shape index (κ1) is 15.4. The Morgan fingerprint density at radius 1 is 1.30 bits per heavy atom. The smallest absolute Gasteiger partial charge is 0.180 e. The molecule has 0 atom stereocenters. The summed E-state index contributed by atoms with van der Waals surface area (Å²) in [6.07, 6.45) is 1.74. The summed E-state index contributed by atoms with van der Waals surface area (Å²) in [4.78, 5) is 11.9. The Morgan fingerprint density at radius 2 is 2.04 bits per heavy atom. The van der Waals surface area contributed by atoms with Crippen LogP contribution in [0, 0.1) is 0 Å². The summed E-state index contributed by atoms with van der Waals surface area (Å²) in [7, 11) is 1.88. The van der Waals surface area contributed by atoms with Crippen LogP contribution >= 0.6 is 0 Å². The highest BCUT2D eigenvalue weighted by Gasteiger charge is 2.20. The van der Waals surface area contributed by atoms with Gasteiger partial charge < -0.3 is 5.11 Å². The zero-order chi connectivity index (χ0) is 16.8. The zero-order valence-corrected chi connectivity index (χ0v) is 13.7. The molecular formula is C17H20N4O2. The Bertz CT molecular complexity index is 884. The van der Waals surface area contributed by atoms with E-state index in [0.29, 0.717) is 12.2 Å². The van der Waals surface area contributed by atoms with Crippen molar-refractivity contribution in [3.63, 3.8) is 0 Å². The van der Waals surface area contributed by atoms with Gasteiger partial charge in [-0.2, -0.15) is 10.2 Å². The Labute approximate surface area is 134 Å². The van der Waals surface area contributed by atoms with Gasteiger partial charge in [0.15, 0.2) is 5.78 Å². The first-order valence-electron chi connectivity index (χ1n) is 7.48. The number of Topliss-reactive ketones (excluding diaryl/α,β-unsaturated/α-hetero) is 1. The molecule has 0 saturated heterocycles. The van der Waals surface area contributed by atoms with Crippen LogP contribution in [0.5, 0.6) is 0 Å². The number of fused-ring (bicyclic) bond motifs is 1. The zero-order valence-electron chi connectivity index (χ0n) is 13.7. The Morgan fingerprint density at radius 3 is 2.61 bits per heavy atom. The van der Waals surface area contributed by atoms with E-state index in [0.717, 1.165) is 22.2 Å². The summed E-state index contributed by atoms with van der Waals surface area (Å²) in [6, 6.07) is 7.78. The van der Waals surface area contributed by atoms with Gasteiger partial charge in [-0.15, -0.1) is 0 Å². The number of benzene rings is 1. The average Bonchev–Trinajstić information content (AvgIpc) is 3.01. The fourth-order valence-corrected chi connectivity index (χ4v) is 2.74. The number of carbonyl (C=O) groups is 1. The number of aromatic nitrogens is 4. The quantitative estimate of drug-likeness (QED) is 0.751. The number of aliphatic hydroxyl groups is 1. The van der Waals surface area contributed by atoms with Crippen LogP contribution in [0.1, 0.15) is 31.3 Å². The molecule has 0 bridgehead atoms. The lowest BCUT2D eigenvalue weighted by atomic mass is 10.1. The van der Waals surface area contributed by atoms with E-state index in [9.17, 15) is 9.90 Å². The normalized spacial score (nSPS) is 12.0. The van der Waals surface area contributed by atoms with Crippen LogP contribution in [0.15, 0.2) is 30.5 Å². The van der Waals surface area contributed by atoms with Crippen molar-refractivity contribution in [1.82, 2.24) is 19.6 Å². The third kappa shape index (κ3) is 2.90. The molecule has 3 aromatic rings. The van der Waals surface area contributed by atoms with Crippen LogP contribution in [0.2, 0.25) is 0 Å². The molecule has 0 amide bonds. The topological polar surface area (TPSA) is 72.9 Å². The van der Waals surface area contributed by atoms with Crippen LogP contribution in [0.3, 0.4) is 0 Å². The lowest BCUT2D eigenvalue weighted by Crippen LogP contribution is -2.26. The van der Waals surface area contributed by atoms with E-state index in [1.165, 1.54) is 6.92 Å². The monoisotopic (exact) mass is 312 g/mol. The first-order chi connectivity index (χ1) is 10.8. The molecule has 1 aromatic carbocycles. The molecule has 120 valence electrons. The van der Waals surface area contributed by atoms with Gasteiger partial charge in [0.2, 0.25) is 0 Å². The molecule has 0 aliphatic carbocycles. The van der Waals surface area contributed by atoms with Gasteiger partial charge in [0.05, 0.1) is 23.4 Å². The minimum absolute atomic E-state index is 0.0854. The van der Waals surface area contributed by atoms with E-state index in [2.05, 4.69) is 10.2 Å². The van der Waals surface area contributed by atoms with E-state index in [1.807, 2.05) is 31.3 Å². The summed E-state index contributed by atoms with van der Waals surface area (Å²) in [6.45, 7) is 5.26. The molecule has 0 aliphatic rings. The first-order valence-corrected chi connectivity index (χ1v) is 7.48. The van der Waals surface area contributed by atoms with Crippen LogP contribution in [0.25, 0.3) is 22.2 Å². The molecule has 3 rings (SSSR count). The summed E-state index contributed by atoms with van der Waals surface area (Å²) < 4.78 is 3.50. The van der Waals surface area contributed by atoms with Crippen LogP contribution < -0.4 is 0 Å². The van der Waals surface area contributed by atoms with Crippen molar-refractivity contribution in [2.75, 3.05) is 0 Å². The second-order valence-corrected chi connectivity index (χ2v) is 6.45. The maximum absolute atomic E-state index is 11.9. The molecule has 0 unspecified atom stereocenters. The third-order valence-corrected chi connectivity index (χ3v) is 3.74. The van der Waals surface area contributed by atoms with E-state index >= 15 is 0 Å². The van der Waals surface area contributed by atoms with Gasteiger partial charge in [0.1, 0.15) is 5.69 Å². The number of ketones is 1. The molecule has 0 saturated carbocycles. The molecule has 6 heteroatoms. The molecule has 6 nitrogen and oxygen atoms in total. The molecule has 23 heavy (non-hydrogen) atoms. The van der Waals surface area contributed by atoms with Gasteiger partial charge in [-0.25, -0.2) is 0 Å². The van der Waals surface area contributed by atoms with Gasteiger partial charge in [-0.3, -0.25) is 14.2 Å². The average molecular weight is 312 g/mol. The number of hydrogen-bond donors (Lipinski definition) is 1.